The summed E-state index contributed by atoms with van der Waals surface area (Å²) < 4.78 is 0. The molecule has 1 rings (SSSR count). The predicted octanol–water partition coefficient (Wildman–Crippen LogP) is 0.240. The molecule has 1 saturated heterocycles. The second-order valence-electron chi connectivity index (χ2n) is 3.20. The molecule has 0 aliphatic carbocycles. The van der Waals surface area contributed by atoms with Crippen LogP contribution in [0.15, 0.2) is 12.7 Å². The third-order valence-corrected chi connectivity index (χ3v) is 2.26. The van der Waals surface area contributed by atoms with E-state index in [-0.39, 0.29) is 5.91 Å². The zero-order chi connectivity index (χ0) is 8.97. The van der Waals surface area contributed by atoms with Gasteiger partial charge >= 0.3 is 0 Å². The maximum absolute atomic E-state index is 11.2. The molecule has 0 radical (unpaired) electrons. The Kier molecular flexibility index (Phi) is 3.29. The average Bonchev–Trinajstić information content (AvgIpc) is 2.52. The zero-order valence-corrected chi connectivity index (χ0v) is 7.55. The fourth-order valence-electron chi connectivity index (χ4n) is 1.62. The van der Waals surface area contributed by atoms with Crippen LogP contribution >= 0.6 is 0 Å². The molecule has 0 aromatic carbocycles. The Labute approximate surface area is 73.4 Å². The summed E-state index contributed by atoms with van der Waals surface area (Å²) in [6.07, 6.45) is 2.50. The monoisotopic (exact) mass is 168 g/mol. The van der Waals surface area contributed by atoms with Gasteiger partial charge in [-0.15, -0.1) is 0 Å². The molecule has 0 saturated carbocycles. The summed E-state index contributed by atoms with van der Waals surface area (Å²) in [6, 6.07) is 0. The van der Waals surface area contributed by atoms with Crippen molar-refractivity contribution >= 4 is 5.91 Å². The first-order valence-corrected chi connectivity index (χ1v) is 4.34. The van der Waals surface area contributed by atoms with E-state index in [1.165, 1.54) is 6.08 Å². The van der Waals surface area contributed by atoms with E-state index in [1.54, 1.807) is 0 Å². The topological polar surface area (TPSA) is 32.3 Å². The lowest BCUT2D eigenvalue weighted by molar-refractivity contribution is -0.125. The van der Waals surface area contributed by atoms with Crippen LogP contribution in [0.4, 0.5) is 0 Å². The Balaban J connectivity index is 2.34. The molecule has 0 spiro atoms. The summed E-state index contributed by atoms with van der Waals surface area (Å²) in [4.78, 5) is 13.0. The van der Waals surface area contributed by atoms with E-state index in [0.29, 0.717) is 5.92 Å². The molecule has 0 aromatic rings. The van der Waals surface area contributed by atoms with Crippen molar-refractivity contribution in [2.45, 2.75) is 6.42 Å². The first-order chi connectivity index (χ1) is 5.77. The number of carbonyl (C=O) groups excluding carboxylic acids is 1. The number of hydrogen-bond acceptors (Lipinski definition) is 2. The largest absolute Gasteiger partial charge is 0.339 e. The van der Waals surface area contributed by atoms with E-state index < -0.39 is 0 Å². The van der Waals surface area contributed by atoms with Crippen LogP contribution in [0.2, 0.25) is 0 Å². The highest BCUT2D eigenvalue weighted by atomic mass is 16.2. The molecule has 68 valence electrons. The highest BCUT2D eigenvalue weighted by Gasteiger charge is 2.23. The van der Waals surface area contributed by atoms with Gasteiger partial charge in [0, 0.05) is 13.1 Å². The Bertz CT molecular complexity index is 179. The van der Waals surface area contributed by atoms with Crippen LogP contribution in [-0.2, 0) is 4.79 Å². The molecule has 1 atom stereocenters. The lowest BCUT2D eigenvalue weighted by Gasteiger charge is -2.13. The maximum Gasteiger partial charge on any atom is 0.245 e. The van der Waals surface area contributed by atoms with Crippen LogP contribution in [0.5, 0.6) is 0 Å². The van der Waals surface area contributed by atoms with E-state index in [2.05, 4.69) is 11.9 Å². The van der Waals surface area contributed by atoms with Crippen molar-refractivity contribution < 1.29 is 4.79 Å². The van der Waals surface area contributed by atoms with E-state index in [0.717, 1.165) is 26.1 Å². The van der Waals surface area contributed by atoms with E-state index in [4.69, 9.17) is 0 Å². The fourth-order valence-corrected chi connectivity index (χ4v) is 1.62. The van der Waals surface area contributed by atoms with Crippen molar-refractivity contribution in [2.24, 2.45) is 5.92 Å². The van der Waals surface area contributed by atoms with Crippen molar-refractivity contribution in [2.75, 3.05) is 26.7 Å². The summed E-state index contributed by atoms with van der Waals surface area (Å²) in [6.45, 7) is 6.24. The van der Waals surface area contributed by atoms with Crippen molar-refractivity contribution in [1.82, 2.24) is 10.2 Å². The minimum absolute atomic E-state index is 0.0635. The zero-order valence-electron chi connectivity index (χ0n) is 7.55. The number of likely N-dealkylation sites (tertiary alicyclic amines) is 1. The van der Waals surface area contributed by atoms with Crippen molar-refractivity contribution in [3.05, 3.63) is 12.7 Å². The minimum atomic E-state index is 0.0635. The number of rotatable bonds is 3. The normalized spacial score (nSPS) is 22.8. The number of amides is 1. The summed E-state index contributed by atoms with van der Waals surface area (Å²) in [7, 11) is 1.94. The first kappa shape index (κ1) is 9.26. The highest BCUT2D eigenvalue weighted by Crippen LogP contribution is 2.15. The summed E-state index contributed by atoms with van der Waals surface area (Å²) in [5.41, 5.74) is 0. The molecular formula is C9H16N2O. The smallest absolute Gasteiger partial charge is 0.245 e. The number of nitrogens with zero attached hydrogens (tertiary/aromatic N) is 1. The third-order valence-electron chi connectivity index (χ3n) is 2.26. The minimum Gasteiger partial charge on any atom is -0.339 e. The van der Waals surface area contributed by atoms with Gasteiger partial charge in [-0.2, -0.15) is 0 Å². The summed E-state index contributed by atoms with van der Waals surface area (Å²) in [5, 5.41) is 3.12. The van der Waals surface area contributed by atoms with Gasteiger partial charge < -0.3 is 10.2 Å². The third kappa shape index (κ3) is 2.08. The van der Waals surface area contributed by atoms with Gasteiger partial charge in [-0.25, -0.2) is 0 Å². The van der Waals surface area contributed by atoms with Gasteiger partial charge in [0.15, 0.2) is 0 Å². The standard InChI is InChI=1S/C9H16N2O/c1-3-9(12)11-5-4-8(7-11)6-10-2/h3,8,10H,1,4-7H2,2H3. The maximum atomic E-state index is 11.2. The predicted molar refractivity (Wildman–Crippen MR) is 48.8 cm³/mol. The molecule has 1 aliphatic rings. The Hall–Kier alpha value is -0.830. The first-order valence-electron chi connectivity index (χ1n) is 4.34. The molecule has 3 nitrogen and oxygen atoms in total. The lowest BCUT2D eigenvalue weighted by Crippen LogP contribution is -2.28. The second-order valence-corrected chi connectivity index (χ2v) is 3.20. The fraction of sp³-hybridized carbons (Fsp3) is 0.667. The van der Waals surface area contributed by atoms with Crippen LogP contribution in [0, 0.1) is 5.92 Å². The quantitative estimate of drug-likeness (QED) is 0.612. The highest BCUT2D eigenvalue weighted by molar-refractivity contribution is 5.87. The molecule has 0 aromatic heterocycles. The van der Waals surface area contributed by atoms with Gasteiger partial charge in [-0.1, -0.05) is 6.58 Å². The van der Waals surface area contributed by atoms with E-state index in [1.807, 2.05) is 11.9 Å². The van der Waals surface area contributed by atoms with Gasteiger partial charge in [-0.05, 0) is 32.0 Å². The Morgan fingerprint density at radius 1 is 1.83 bits per heavy atom. The Morgan fingerprint density at radius 2 is 2.58 bits per heavy atom. The number of hydrogen-bond donors (Lipinski definition) is 1. The van der Waals surface area contributed by atoms with Gasteiger partial charge in [0.2, 0.25) is 5.91 Å². The van der Waals surface area contributed by atoms with Crippen molar-refractivity contribution in [1.29, 1.82) is 0 Å². The molecular weight excluding hydrogens is 152 g/mol. The molecule has 12 heavy (non-hydrogen) atoms. The van der Waals surface area contributed by atoms with Crippen LogP contribution < -0.4 is 5.32 Å². The molecule has 1 heterocycles. The van der Waals surface area contributed by atoms with Gasteiger partial charge in [0.1, 0.15) is 0 Å². The summed E-state index contributed by atoms with van der Waals surface area (Å²) >= 11 is 0. The molecule has 3 heteroatoms. The van der Waals surface area contributed by atoms with Crippen molar-refractivity contribution in [3.8, 4) is 0 Å². The average molecular weight is 168 g/mol. The summed E-state index contributed by atoms with van der Waals surface area (Å²) in [5.74, 6) is 0.688. The van der Waals surface area contributed by atoms with Crippen molar-refractivity contribution in [3.63, 3.8) is 0 Å². The Morgan fingerprint density at radius 3 is 3.17 bits per heavy atom. The van der Waals surface area contributed by atoms with Crippen LogP contribution in [0.25, 0.3) is 0 Å². The molecule has 0 bridgehead atoms. The van der Waals surface area contributed by atoms with Gasteiger partial charge in [0.05, 0.1) is 0 Å². The molecule has 1 unspecified atom stereocenters. The molecule has 1 aliphatic heterocycles. The SMILES string of the molecule is C=CC(=O)N1CCC(CNC)C1. The lowest BCUT2D eigenvalue weighted by atomic mass is 10.1. The van der Waals surface area contributed by atoms with Crippen LogP contribution in [-0.4, -0.2) is 37.5 Å². The van der Waals surface area contributed by atoms with Crippen LogP contribution in [0.1, 0.15) is 6.42 Å². The van der Waals surface area contributed by atoms with Gasteiger partial charge in [0.25, 0.3) is 0 Å². The van der Waals surface area contributed by atoms with Gasteiger partial charge in [-0.3, -0.25) is 4.79 Å². The molecule has 1 fully saturated rings. The number of nitrogens with one attached hydrogen (secondary N) is 1. The molecule has 1 amide bonds. The van der Waals surface area contributed by atoms with Crippen LogP contribution in [0.3, 0.4) is 0 Å². The van der Waals surface area contributed by atoms with E-state index in [9.17, 15) is 4.79 Å². The van der Waals surface area contributed by atoms with E-state index >= 15 is 0 Å². The second kappa shape index (κ2) is 4.26. The number of carbonyl (C=O) groups is 1. The molecule has 1 N–H and O–H groups in total.